The van der Waals surface area contributed by atoms with Gasteiger partial charge in [0.25, 0.3) is 5.91 Å². The van der Waals surface area contributed by atoms with E-state index in [9.17, 15) is 4.79 Å². The zero-order chi connectivity index (χ0) is 15.8. The van der Waals surface area contributed by atoms with Crippen LogP contribution in [0.5, 0.6) is 0 Å². The molecule has 0 spiro atoms. The van der Waals surface area contributed by atoms with E-state index in [1.54, 1.807) is 16.2 Å². The van der Waals surface area contributed by atoms with Gasteiger partial charge in [-0.1, -0.05) is 60.4 Å². The molecule has 1 aromatic heterocycles. The molecule has 1 saturated heterocycles. The summed E-state index contributed by atoms with van der Waals surface area (Å²) in [5.74, 6) is -0.0521. The molecule has 0 aliphatic carbocycles. The maximum Gasteiger partial charge on any atom is 0.270 e. The maximum absolute atomic E-state index is 12.7. The van der Waals surface area contributed by atoms with Gasteiger partial charge in [0.15, 0.2) is 4.32 Å². The Kier molecular flexibility index (Phi) is 3.77. The summed E-state index contributed by atoms with van der Waals surface area (Å²) in [4.78, 5) is 16.1. The van der Waals surface area contributed by atoms with Crippen LogP contribution in [0.25, 0.3) is 16.8 Å². The largest absolute Gasteiger partial charge is 0.270 e. The molecule has 1 fully saturated rings. The molecule has 23 heavy (non-hydrogen) atoms. The Morgan fingerprint density at radius 3 is 2.61 bits per heavy atom. The highest BCUT2D eigenvalue weighted by molar-refractivity contribution is 8.27. The maximum atomic E-state index is 12.7. The van der Waals surface area contributed by atoms with E-state index < -0.39 is 0 Å². The molecular weight excluding hydrogens is 342 g/mol. The molecule has 5 heteroatoms. The molecular formula is C18H11NOS3. The van der Waals surface area contributed by atoms with Crippen molar-refractivity contribution in [3.05, 3.63) is 69.8 Å². The Hall–Kier alpha value is -1.95. The Morgan fingerprint density at radius 2 is 1.83 bits per heavy atom. The van der Waals surface area contributed by atoms with E-state index in [0.29, 0.717) is 9.23 Å². The first-order valence-electron chi connectivity index (χ1n) is 7.03. The lowest BCUT2D eigenvalue weighted by molar-refractivity contribution is -0.113. The van der Waals surface area contributed by atoms with Crippen molar-refractivity contribution in [2.45, 2.75) is 0 Å². The van der Waals surface area contributed by atoms with Gasteiger partial charge in [-0.2, -0.15) is 0 Å². The van der Waals surface area contributed by atoms with Crippen LogP contribution in [-0.4, -0.2) is 10.2 Å². The first kappa shape index (κ1) is 14.6. The van der Waals surface area contributed by atoms with Crippen LogP contribution in [0.3, 0.4) is 0 Å². The number of nitrogens with zero attached hydrogens (tertiary/aromatic N) is 1. The topological polar surface area (TPSA) is 20.3 Å². The fraction of sp³-hybridized carbons (Fsp3) is 0. The molecule has 112 valence electrons. The number of thioether (sulfide) groups is 1. The standard InChI is InChI=1S/C18H11NOS3/c20-17-16(11-15-6-3-9-22-15)23-18(21)19(17)14-8-7-12-4-1-2-5-13(12)10-14/h1-11H. The summed E-state index contributed by atoms with van der Waals surface area (Å²) in [6.07, 6.45) is 1.91. The average Bonchev–Trinajstić information content (AvgIpc) is 3.16. The second-order valence-electron chi connectivity index (χ2n) is 5.06. The van der Waals surface area contributed by atoms with Crippen molar-refractivity contribution >= 4 is 68.1 Å². The van der Waals surface area contributed by atoms with Crippen LogP contribution >= 0.6 is 35.3 Å². The van der Waals surface area contributed by atoms with Crippen LogP contribution in [0.1, 0.15) is 4.88 Å². The second kappa shape index (κ2) is 5.92. The minimum atomic E-state index is -0.0521. The summed E-state index contributed by atoms with van der Waals surface area (Å²) < 4.78 is 0.577. The first-order chi connectivity index (χ1) is 11.2. The summed E-state index contributed by atoms with van der Waals surface area (Å²) in [6, 6.07) is 18.0. The molecule has 1 amide bonds. The van der Waals surface area contributed by atoms with Crippen LogP contribution in [0.4, 0.5) is 5.69 Å². The number of carbonyl (C=O) groups is 1. The van der Waals surface area contributed by atoms with Gasteiger partial charge in [-0.3, -0.25) is 9.69 Å². The van der Waals surface area contributed by atoms with Crippen molar-refractivity contribution in [3.63, 3.8) is 0 Å². The molecule has 0 radical (unpaired) electrons. The van der Waals surface area contributed by atoms with E-state index in [-0.39, 0.29) is 5.91 Å². The van der Waals surface area contributed by atoms with Crippen molar-refractivity contribution in [2.24, 2.45) is 0 Å². The Labute approximate surface area is 147 Å². The fourth-order valence-electron chi connectivity index (χ4n) is 2.51. The monoisotopic (exact) mass is 353 g/mol. The van der Waals surface area contributed by atoms with E-state index in [4.69, 9.17) is 12.2 Å². The first-order valence-corrected chi connectivity index (χ1v) is 9.13. The van der Waals surface area contributed by atoms with E-state index in [0.717, 1.165) is 21.3 Å². The summed E-state index contributed by atoms with van der Waals surface area (Å²) in [5, 5.41) is 4.24. The molecule has 1 aliphatic heterocycles. The number of fused-ring (bicyclic) bond motifs is 1. The van der Waals surface area contributed by atoms with Crippen LogP contribution in [-0.2, 0) is 4.79 Å². The summed E-state index contributed by atoms with van der Waals surface area (Å²) >= 11 is 8.39. The highest BCUT2D eigenvalue weighted by Gasteiger charge is 2.33. The van der Waals surface area contributed by atoms with Crippen molar-refractivity contribution in [3.8, 4) is 0 Å². The van der Waals surface area contributed by atoms with E-state index in [1.807, 2.05) is 60.0 Å². The summed E-state index contributed by atoms with van der Waals surface area (Å²) in [5.41, 5.74) is 0.820. The van der Waals surface area contributed by atoms with E-state index in [1.165, 1.54) is 11.8 Å². The van der Waals surface area contributed by atoms with Crippen LogP contribution in [0.2, 0.25) is 0 Å². The zero-order valence-electron chi connectivity index (χ0n) is 11.9. The molecule has 1 aliphatic rings. The predicted octanol–water partition coefficient (Wildman–Crippen LogP) is 5.31. The number of hydrogen-bond acceptors (Lipinski definition) is 4. The average molecular weight is 353 g/mol. The van der Waals surface area contributed by atoms with Gasteiger partial charge in [0.2, 0.25) is 0 Å². The normalized spacial score (nSPS) is 16.7. The van der Waals surface area contributed by atoms with Crippen LogP contribution in [0, 0.1) is 0 Å². The van der Waals surface area contributed by atoms with Crippen molar-refractivity contribution < 1.29 is 4.79 Å². The Morgan fingerprint density at radius 1 is 1.00 bits per heavy atom. The number of amides is 1. The number of benzene rings is 2. The number of rotatable bonds is 2. The lowest BCUT2D eigenvalue weighted by Crippen LogP contribution is -2.27. The molecule has 0 bridgehead atoms. The molecule has 0 atom stereocenters. The molecule has 3 aromatic rings. The number of anilines is 1. The van der Waals surface area contributed by atoms with Gasteiger partial charge in [-0.25, -0.2) is 0 Å². The molecule has 0 unspecified atom stereocenters. The van der Waals surface area contributed by atoms with Gasteiger partial charge in [0, 0.05) is 4.88 Å². The minimum absolute atomic E-state index is 0.0521. The smallest absolute Gasteiger partial charge is 0.268 e. The van der Waals surface area contributed by atoms with Crippen LogP contribution in [0.15, 0.2) is 64.9 Å². The fourth-order valence-corrected chi connectivity index (χ4v) is 4.53. The number of carbonyl (C=O) groups excluding carboxylic acids is 1. The third-order valence-electron chi connectivity index (χ3n) is 3.60. The third-order valence-corrected chi connectivity index (χ3v) is 5.72. The lowest BCUT2D eigenvalue weighted by atomic mass is 10.1. The zero-order valence-corrected chi connectivity index (χ0v) is 14.4. The van der Waals surface area contributed by atoms with Crippen LogP contribution < -0.4 is 4.90 Å². The Bertz CT molecular complexity index is 944. The van der Waals surface area contributed by atoms with Gasteiger partial charge < -0.3 is 0 Å². The number of thiocarbonyl (C=S) groups is 1. The van der Waals surface area contributed by atoms with Crippen molar-refractivity contribution in [1.29, 1.82) is 0 Å². The van der Waals surface area contributed by atoms with Gasteiger partial charge in [-0.05, 0) is 40.4 Å². The molecule has 2 nitrogen and oxygen atoms in total. The highest BCUT2D eigenvalue weighted by Crippen LogP contribution is 2.37. The van der Waals surface area contributed by atoms with E-state index in [2.05, 4.69) is 6.07 Å². The summed E-state index contributed by atoms with van der Waals surface area (Å²) in [7, 11) is 0. The van der Waals surface area contributed by atoms with Gasteiger partial charge in [-0.15, -0.1) is 11.3 Å². The molecule has 0 N–H and O–H groups in total. The van der Waals surface area contributed by atoms with Gasteiger partial charge >= 0.3 is 0 Å². The van der Waals surface area contributed by atoms with Crippen molar-refractivity contribution in [2.75, 3.05) is 4.90 Å². The minimum Gasteiger partial charge on any atom is -0.268 e. The lowest BCUT2D eigenvalue weighted by Gasteiger charge is -2.15. The molecule has 2 heterocycles. The number of hydrogen-bond donors (Lipinski definition) is 0. The summed E-state index contributed by atoms with van der Waals surface area (Å²) in [6.45, 7) is 0. The Balaban J connectivity index is 1.73. The molecule has 2 aromatic carbocycles. The SMILES string of the molecule is O=C1C(=Cc2cccs2)SC(=S)N1c1ccc2ccccc2c1. The quantitative estimate of drug-likeness (QED) is 0.460. The van der Waals surface area contributed by atoms with Gasteiger partial charge in [0.1, 0.15) is 0 Å². The number of thiophene rings is 1. The van der Waals surface area contributed by atoms with Gasteiger partial charge in [0.05, 0.1) is 10.6 Å². The highest BCUT2D eigenvalue weighted by atomic mass is 32.2. The third kappa shape index (κ3) is 2.72. The molecule has 0 saturated carbocycles. The van der Waals surface area contributed by atoms with E-state index >= 15 is 0 Å². The predicted molar refractivity (Wildman–Crippen MR) is 104 cm³/mol. The second-order valence-corrected chi connectivity index (χ2v) is 7.72. The van der Waals surface area contributed by atoms with Crippen molar-refractivity contribution in [1.82, 2.24) is 0 Å². The molecule has 4 rings (SSSR count).